The molecule has 1 aromatic carbocycles. The van der Waals surface area contributed by atoms with Gasteiger partial charge in [0.25, 0.3) is 5.91 Å². The van der Waals surface area contributed by atoms with Crippen LogP contribution in [0.25, 0.3) is 0 Å². The van der Waals surface area contributed by atoms with Crippen molar-refractivity contribution in [2.24, 2.45) is 0 Å². The monoisotopic (exact) mass is 309 g/mol. The number of aliphatic hydroxyl groups excluding tert-OH is 4. The molecule has 0 spiro atoms. The lowest BCUT2D eigenvalue weighted by molar-refractivity contribution is -0.155. The van der Waals surface area contributed by atoms with E-state index in [1.54, 1.807) is 6.07 Å². The van der Waals surface area contributed by atoms with Crippen LogP contribution in [0.5, 0.6) is 11.5 Å². The summed E-state index contributed by atoms with van der Waals surface area (Å²) in [6, 6.07) is 2.20. The van der Waals surface area contributed by atoms with Gasteiger partial charge in [0.15, 0.2) is 11.5 Å². The molecule has 0 saturated heterocycles. The maximum atomic E-state index is 12.2. The van der Waals surface area contributed by atoms with Crippen molar-refractivity contribution >= 4 is 5.91 Å². The molecule has 4 rings (SSSR count). The van der Waals surface area contributed by atoms with Crippen LogP contribution in [0.3, 0.4) is 0 Å². The predicted octanol–water partition coefficient (Wildman–Crippen LogP) is -1.93. The van der Waals surface area contributed by atoms with E-state index in [-0.39, 0.29) is 6.79 Å². The van der Waals surface area contributed by atoms with Crippen LogP contribution in [0.4, 0.5) is 0 Å². The minimum atomic E-state index is -1.54. The van der Waals surface area contributed by atoms with Gasteiger partial charge in [-0.3, -0.25) is 4.79 Å². The zero-order valence-corrected chi connectivity index (χ0v) is 11.3. The highest BCUT2D eigenvalue weighted by atomic mass is 16.7. The van der Waals surface area contributed by atoms with Crippen molar-refractivity contribution in [1.82, 2.24) is 5.32 Å². The summed E-state index contributed by atoms with van der Waals surface area (Å²) >= 11 is 0. The van der Waals surface area contributed by atoms with E-state index in [9.17, 15) is 25.2 Å². The molecule has 0 unspecified atom stereocenters. The summed E-state index contributed by atoms with van der Waals surface area (Å²) in [4.78, 5) is 12.2. The highest BCUT2D eigenvalue weighted by Gasteiger charge is 2.52. The lowest BCUT2D eigenvalue weighted by Gasteiger charge is -2.47. The zero-order valence-electron chi connectivity index (χ0n) is 11.3. The van der Waals surface area contributed by atoms with Crippen LogP contribution >= 0.6 is 0 Å². The Labute approximate surface area is 124 Å². The highest BCUT2D eigenvalue weighted by molar-refractivity contribution is 5.98. The third kappa shape index (κ3) is 1.69. The Morgan fingerprint density at radius 1 is 0.955 bits per heavy atom. The van der Waals surface area contributed by atoms with Crippen LogP contribution in [0.1, 0.15) is 21.8 Å². The Kier molecular flexibility index (Phi) is 2.85. The van der Waals surface area contributed by atoms with Crippen LogP contribution < -0.4 is 14.8 Å². The molecule has 1 saturated carbocycles. The summed E-state index contributed by atoms with van der Waals surface area (Å²) in [5, 5.41) is 42.7. The molecule has 2 aliphatic heterocycles. The molecule has 0 aromatic heterocycles. The van der Waals surface area contributed by atoms with Gasteiger partial charge < -0.3 is 35.2 Å². The van der Waals surface area contributed by atoms with Crippen molar-refractivity contribution in [3.8, 4) is 11.5 Å². The van der Waals surface area contributed by atoms with Crippen molar-refractivity contribution in [3.63, 3.8) is 0 Å². The molecule has 1 aliphatic carbocycles. The molecule has 22 heavy (non-hydrogen) atoms. The van der Waals surface area contributed by atoms with Crippen molar-refractivity contribution in [2.75, 3.05) is 6.79 Å². The summed E-state index contributed by atoms with van der Waals surface area (Å²) < 4.78 is 10.5. The fraction of sp³-hybridized carbons (Fsp3) is 0.500. The third-order valence-corrected chi connectivity index (χ3v) is 4.62. The molecule has 2 heterocycles. The molecule has 8 heteroatoms. The Morgan fingerprint density at radius 3 is 2.32 bits per heavy atom. The van der Waals surface area contributed by atoms with Crippen molar-refractivity contribution < 1.29 is 34.7 Å². The van der Waals surface area contributed by atoms with E-state index in [4.69, 9.17) is 9.47 Å². The number of nitrogens with one attached hydrogen (secondary N) is 1. The first-order valence-corrected chi connectivity index (χ1v) is 6.95. The van der Waals surface area contributed by atoms with E-state index in [1.165, 1.54) is 6.07 Å². The van der Waals surface area contributed by atoms with Crippen LogP contribution in [0.15, 0.2) is 12.1 Å². The predicted molar refractivity (Wildman–Crippen MR) is 70.6 cm³/mol. The van der Waals surface area contributed by atoms with Crippen LogP contribution in [-0.4, -0.2) is 63.6 Å². The molecule has 5 N–H and O–H groups in total. The molecule has 1 aromatic rings. The average molecular weight is 309 g/mol. The summed E-state index contributed by atoms with van der Waals surface area (Å²) in [7, 11) is 0. The number of rotatable bonds is 0. The number of fused-ring (bicyclic) bond motifs is 4. The fourth-order valence-corrected chi connectivity index (χ4v) is 3.47. The number of hydrogen-bond acceptors (Lipinski definition) is 7. The first-order valence-electron chi connectivity index (χ1n) is 6.95. The maximum absolute atomic E-state index is 12.2. The van der Waals surface area contributed by atoms with E-state index in [2.05, 4.69) is 5.32 Å². The quantitative estimate of drug-likeness (QED) is 0.377. The van der Waals surface area contributed by atoms with Gasteiger partial charge >= 0.3 is 0 Å². The molecular formula is C14H15NO7. The molecule has 1 fully saturated rings. The topological polar surface area (TPSA) is 128 Å². The van der Waals surface area contributed by atoms with Crippen LogP contribution in [0.2, 0.25) is 0 Å². The molecule has 8 nitrogen and oxygen atoms in total. The van der Waals surface area contributed by atoms with E-state index in [1.807, 2.05) is 0 Å². The van der Waals surface area contributed by atoms with Crippen molar-refractivity contribution in [1.29, 1.82) is 0 Å². The van der Waals surface area contributed by atoms with Crippen molar-refractivity contribution in [2.45, 2.75) is 36.4 Å². The lowest BCUT2D eigenvalue weighted by atomic mass is 9.70. The molecule has 1 amide bonds. The van der Waals surface area contributed by atoms with Gasteiger partial charge in [-0.25, -0.2) is 0 Å². The van der Waals surface area contributed by atoms with Gasteiger partial charge in [-0.2, -0.15) is 0 Å². The largest absolute Gasteiger partial charge is 0.454 e. The highest BCUT2D eigenvalue weighted by Crippen LogP contribution is 2.44. The first-order chi connectivity index (χ1) is 10.5. The van der Waals surface area contributed by atoms with E-state index in [0.29, 0.717) is 22.6 Å². The number of hydrogen-bond donors (Lipinski definition) is 5. The minimum absolute atomic E-state index is 0.0421. The van der Waals surface area contributed by atoms with Gasteiger partial charge in [0.05, 0.1) is 12.1 Å². The second kappa shape index (κ2) is 4.56. The molecular weight excluding hydrogens is 294 g/mol. The smallest absolute Gasteiger partial charge is 0.252 e. The first kappa shape index (κ1) is 13.8. The van der Waals surface area contributed by atoms with E-state index < -0.39 is 42.3 Å². The Hall–Kier alpha value is -1.87. The van der Waals surface area contributed by atoms with E-state index in [0.717, 1.165) is 0 Å². The average Bonchev–Trinajstić information content (AvgIpc) is 2.96. The van der Waals surface area contributed by atoms with Gasteiger partial charge in [0, 0.05) is 11.5 Å². The summed E-state index contributed by atoms with van der Waals surface area (Å²) in [5.74, 6) is -0.326. The molecule has 6 atom stereocenters. The second-order valence-corrected chi connectivity index (χ2v) is 5.78. The number of carbonyl (C=O) groups excluding carboxylic acids is 1. The fourth-order valence-electron chi connectivity index (χ4n) is 3.47. The van der Waals surface area contributed by atoms with Gasteiger partial charge in [0.1, 0.15) is 18.3 Å². The SMILES string of the molecule is O=C1N[C@@H]2[C@@H](O)[C@@H](O)[C@H](O)[C@@H](O)[C@H]2c2cc3c(cc21)OCO3. The maximum Gasteiger partial charge on any atom is 0.252 e. The summed E-state index contributed by atoms with van der Waals surface area (Å²) in [6.07, 6.45) is -5.76. The Balaban J connectivity index is 1.86. The van der Waals surface area contributed by atoms with Gasteiger partial charge in [0.2, 0.25) is 6.79 Å². The Bertz CT molecular complexity index is 648. The number of ether oxygens (including phenoxy) is 2. The number of amides is 1. The molecule has 0 radical (unpaired) electrons. The minimum Gasteiger partial charge on any atom is -0.454 e. The van der Waals surface area contributed by atoms with Gasteiger partial charge in [-0.15, -0.1) is 0 Å². The van der Waals surface area contributed by atoms with Gasteiger partial charge in [-0.05, 0) is 17.7 Å². The van der Waals surface area contributed by atoms with Crippen LogP contribution in [0, 0.1) is 0 Å². The van der Waals surface area contributed by atoms with Gasteiger partial charge in [-0.1, -0.05) is 0 Å². The van der Waals surface area contributed by atoms with Crippen molar-refractivity contribution in [3.05, 3.63) is 23.3 Å². The Morgan fingerprint density at radius 2 is 1.59 bits per heavy atom. The number of carbonyl (C=O) groups is 1. The molecule has 0 bridgehead atoms. The van der Waals surface area contributed by atoms with Crippen LogP contribution in [-0.2, 0) is 0 Å². The number of benzene rings is 1. The second-order valence-electron chi connectivity index (χ2n) is 5.78. The number of aliphatic hydroxyl groups is 4. The van der Waals surface area contributed by atoms with E-state index >= 15 is 0 Å². The molecule has 3 aliphatic rings. The summed E-state index contributed by atoms with van der Waals surface area (Å²) in [5.41, 5.74) is 0.746. The zero-order chi connectivity index (χ0) is 15.6. The normalized spacial score (nSPS) is 39.0. The third-order valence-electron chi connectivity index (χ3n) is 4.62. The lowest BCUT2D eigenvalue weighted by Crippen LogP contribution is -2.66. The standard InChI is InChI=1S/C14H15NO7/c16-10-8-4-1-6-7(22-3-21-6)2-5(4)14(20)15-9(8)11(17)13(19)12(10)18/h1-2,8-13,16-19H,3H2,(H,15,20)/t8-,9-,10-,11+,12+,13+/m0/s1. The molecule has 118 valence electrons. The summed E-state index contributed by atoms with van der Waals surface area (Å²) in [6.45, 7) is 0.0421.